The molecular weight excluding hydrogens is 258 g/mol. The molecule has 0 amide bonds. The standard InChI is InChI=1S/C13H19N5O2/c1-3-10(2)18-7-6-12(15-18)9-17-8-11(14-16-17)4-5-13(19)20/h6-8,10H,3-5,9H2,1-2H3,(H,19,20). The van der Waals surface area contributed by atoms with Crippen molar-refractivity contribution >= 4 is 5.97 Å². The largest absolute Gasteiger partial charge is 0.481 e. The molecule has 108 valence electrons. The number of aryl methyl sites for hydroxylation is 1. The molecule has 0 bridgehead atoms. The van der Waals surface area contributed by atoms with Crippen LogP contribution in [0.1, 0.15) is 44.1 Å². The number of hydrogen-bond donors (Lipinski definition) is 1. The van der Waals surface area contributed by atoms with Crippen molar-refractivity contribution in [2.75, 3.05) is 0 Å². The molecule has 0 aliphatic rings. The fraction of sp³-hybridized carbons (Fsp3) is 0.538. The summed E-state index contributed by atoms with van der Waals surface area (Å²) in [6.07, 6.45) is 5.23. The van der Waals surface area contributed by atoms with Crippen molar-refractivity contribution in [3.63, 3.8) is 0 Å². The number of aliphatic carboxylic acids is 1. The maximum atomic E-state index is 10.5. The maximum absolute atomic E-state index is 10.5. The molecule has 1 N–H and O–H groups in total. The van der Waals surface area contributed by atoms with Gasteiger partial charge in [0.05, 0.1) is 24.4 Å². The van der Waals surface area contributed by atoms with Gasteiger partial charge in [0.25, 0.3) is 0 Å². The second-order valence-corrected chi connectivity index (χ2v) is 4.85. The van der Waals surface area contributed by atoms with Crippen molar-refractivity contribution in [1.82, 2.24) is 24.8 Å². The molecule has 0 fully saturated rings. The molecule has 0 saturated carbocycles. The second-order valence-electron chi connectivity index (χ2n) is 4.85. The SMILES string of the molecule is CCC(C)n1ccc(Cn2cc(CCC(=O)O)nn2)n1. The minimum atomic E-state index is -0.827. The summed E-state index contributed by atoms with van der Waals surface area (Å²) < 4.78 is 3.62. The highest BCUT2D eigenvalue weighted by atomic mass is 16.4. The molecule has 7 nitrogen and oxygen atoms in total. The molecule has 1 unspecified atom stereocenters. The van der Waals surface area contributed by atoms with E-state index in [2.05, 4.69) is 29.3 Å². The zero-order valence-corrected chi connectivity index (χ0v) is 11.7. The zero-order valence-electron chi connectivity index (χ0n) is 11.7. The Hall–Kier alpha value is -2.18. The lowest BCUT2D eigenvalue weighted by atomic mass is 10.2. The average Bonchev–Trinajstić information content (AvgIpc) is 3.05. The summed E-state index contributed by atoms with van der Waals surface area (Å²) in [6, 6.07) is 2.34. The van der Waals surface area contributed by atoms with Crippen molar-refractivity contribution in [3.05, 3.63) is 29.8 Å². The third-order valence-corrected chi connectivity index (χ3v) is 3.21. The Morgan fingerprint density at radius 2 is 2.25 bits per heavy atom. The topological polar surface area (TPSA) is 85.8 Å². The molecule has 2 aromatic heterocycles. The summed E-state index contributed by atoms with van der Waals surface area (Å²) >= 11 is 0. The van der Waals surface area contributed by atoms with Gasteiger partial charge in [0.1, 0.15) is 0 Å². The lowest BCUT2D eigenvalue weighted by Crippen LogP contribution is -2.06. The van der Waals surface area contributed by atoms with Crippen LogP contribution in [0.5, 0.6) is 0 Å². The maximum Gasteiger partial charge on any atom is 0.303 e. The first kappa shape index (κ1) is 14.2. The fourth-order valence-corrected chi connectivity index (χ4v) is 1.83. The third-order valence-electron chi connectivity index (χ3n) is 3.21. The smallest absolute Gasteiger partial charge is 0.303 e. The number of nitrogens with zero attached hydrogens (tertiary/aromatic N) is 5. The predicted octanol–water partition coefficient (Wildman–Crippen LogP) is 1.51. The first-order valence-electron chi connectivity index (χ1n) is 6.73. The summed E-state index contributed by atoms with van der Waals surface area (Å²) in [6.45, 7) is 4.79. The van der Waals surface area contributed by atoms with E-state index in [1.807, 2.05) is 16.9 Å². The van der Waals surface area contributed by atoms with E-state index in [1.165, 1.54) is 0 Å². The van der Waals surface area contributed by atoms with Crippen LogP contribution in [0.2, 0.25) is 0 Å². The van der Waals surface area contributed by atoms with Crippen molar-refractivity contribution in [3.8, 4) is 0 Å². The molecule has 2 rings (SSSR count). The summed E-state index contributed by atoms with van der Waals surface area (Å²) in [5.41, 5.74) is 1.61. The van der Waals surface area contributed by atoms with Crippen LogP contribution in [0, 0.1) is 0 Å². The Morgan fingerprint density at radius 3 is 2.95 bits per heavy atom. The van der Waals surface area contributed by atoms with Crippen LogP contribution in [0.25, 0.3) is 0 Å². The number of carbonyl (C=O) groups is 1. The van der Waals surface area contributed by atoms with Crippen molar-refractivity contribution in [2.45, 2.75) is 45.7 Å². The second kappa shape index (κ2) is 6.31. The van der Waals surface area contributed by atoms with Crippen LogP contribution in [0.3, 0.4) is 0 Å². The van der Waals surface area contributed by atoms with Gasteiger partial charge in [-0.1, -0.05) is 12.1 Å². The minimum Gasteiger partial charge on any atom is -0.481 e. The van der Waals surface area contributed by atoms with Gasteiger partial charge in [0, 0.05) is 24.9 Å². The quantitative estimate of drug-likeness (QED) is 0.829. The van der Waals surface area contributed by atoms with Gasteiger partial charge >= 0.3 is 5.97 Å². The molecule has 0 spiro atoms. The van der Waals surface area contributed by atoms with E-state index < -0.39 is 5.97 Å². The van der Waals surface area contributed by atoms with Gasteiger partial charge in [-0.15, -0.1) is 5.10 Å². The molecule has 7 heteroatoms. The van der Waals surface area contributed by atoms with Gasteiger partial charge in [-0.25, -0.2) is 4.68 Å². The van der Waals surface area contributed by atoms with Crippen LogP contribution in [0.4, 0.5) is 0 Å². The summed E-state index contributed by atoms with van der Waals surface area (Å²) in [5.74, 6) is -0.827. The first-order valence-corrected chi connectivity index (χ1v) is 6.73. The Labute approximate surface area is 117 Å². The van der Waals surface area contributed by atoms with Crippen LogP contribution >= 0.6 is 0 Å². The molecule has 0 radical (unpaired) electrons. The normalized spacial score (nSPS) is 12.5. The number of carboxylic acids is 1. The van der Waals surface area contributed by atoms with Gasteiger partial charge in [-0.05, 0) is 19.4 Å². The van der Waals surface area contributed by atoms with E-state index >= 15 is 0 Å². The summed E-state index contributed by atoms with van der Waals surface area (Å²) in [5, 5.41) is 21.1. The van der Waals surface area contributed by atoms with Crippen LogP contribution in [0.15, 0.2) is 18.5 Å². The molecule has 20 heavy (non-hydrogen) atoms. The number of rotatable bonds is 7. The highest BCUT2D eigenvalue weighted by molar-refractivity contribution is 5.66. The van der Waals surface area contributed by atoms with Crippen molar-refractivity contribution in [1.29, 1.82) is 0 Å². The Balaban J connectivity index is 1.96. The molecule has 0 aromatic carbocycles. The number of hydrogen-bond acceptors (Lipinski definition) is 4. The van der Waals surface area contributed by atoms with E-state index in [9.17, 15) is 4.79 Å². The number of aromatic nitrogens is 5. The third kappa shape index (κ3) is 3.66. The van der Waals surface area contributed by atoms with Gasteiger partial charge in [0.2, 0.25) is 0 Å². The molecule has 1 atom stereocenters. The van der Waals surface area contributed by atoms with Gasteiger partial charge in [0.15, 0.2) is 0 Å². The van der Waals surface area contributed by atoms with E-state index in [4.69, 9.17) is 5.11 Å². The molecule has 0 aliphatic heterocycles. The average molecular weight is 277 g/mol. The van der Waals surface area contributed by atoms with E-state index in [0.29, 0.717) is 24.7 Å². The molecule has 2 heterocycles. The molecule has 0 aliphatic carbocycles. The molecule has 0 saturated heterocycles. The number of carboxylic acid groups (broad SMARTS) is 1. The van der Waals surface area contributed by atoms with Gasteiger partial charge in [-0.2, -0.15) is 5.10 Å². The van der Waals surface area contributed by atoms with E-state index in [-0.39, 0.29) is 6.42 Å². The first-order chi connectivity index (χ1) is 9.58. The Morgan fingerprint density at radius 1 is 1.45 bits per heavy atom. The highest BCUT2D eigenvalue weighted by Gasteiger charge is 2.07. The van der Waals surface area contributed by atoms with Crippen LogP contribution < -0.4 is 0 Å². The lowest BCUT2D eigenvalue weighted by molar-refractivity contribution is -0.136. The lowest BCUT2D eigenvalue weighted by Gasteiger charge is -2.07. The fourth-order valence-electron chi connectivity index (χ4n) is 1.83. The summed E-state index contributed by atoms with van der Waals surface area (Å²) in [4.78, 5) is 10.5. The van der Waals surface area contributed by atoms with Crippen LogP contribution in [-0.2, 0) is 17.8 Å². The predicted molar refractivity (Wildman–Crippen MR) is 72.3 cm³/mol. The minimum absolute atomic E-state index is 0.0708. The highest BCUT2D eigenvalue weighted by Crippen LogP contribution is 2.10. The van der Waals surface area contributed by atoms with Gasteiger partial charge in [-0.3, -0.25) is 9.48 Å². The molecule has 2 aromatic rings. The monoisotopic (exact) mass is 277 g/mol. The Kier molecular flexibility index (Phi) is 4.49. The van der Waals surface area contributed by atoms with Crippen molar-refractivity contribution in [2.24, 2.45) is 0 Å². The van der Waals surface area contributed by atoms with E-state index in [0.717, 1.165) is 12.1 Å². The van der Waals surface area contributed by atoms with Crippen LogP contribution in [-0.4, -0.2) is 35.9 Å². The van der Waals surface area contributed by atoms with Crippen molar-refractivity contribution < 1.29 is 9.90 Å². The summed E-state index contributed by atoms with van der Waals surface area (Å²) in [7, 11) is 0. The Bertz CT molecular complexity index is 575. The van der Waals surface area contributed by atoms with Gasteiger partial charge < -0.3 is 5.11 Å². The zero-order chi connectivity index (χ0) is 14.5. The molecular formula is C13H19N5O2. The van der Waals surface area contributed by atoms with E-state index in [1.54, 1.807) is 10.9 Å².